The van der Waals surface area contributed by atoms with Gasteiger partial charge in [-0.15, -0.1) is 0 Å². The Hall–Kier alpha value is -1.84. The summed E-state index contributed by atoms with van der Waals surface area (Å²) in [6, 6.07) is 7.43. The molecular formula is C15H20O4. The summed E-state index contributed by atoms with van der Waals surface area (Å²) in [4.78, 5) is 21.7. The van der Waals surface area contributed by atoms with Crippen molar-refractivity contribution in [1.82, 2.24) is 0 Å². The molecule has 0 radical (unpaired) electrons. The van der Waals surface area contributed by atoms with Crippen molar-refractivity contribution in [3.8, 4) is 0 Å². The second kappa shape index (κ2) is 6.92. The fourth-order valence-electron chi connectivity index (χ4n) is 2.06. The first-order valence-electron chi connectivity index (χ1n) is 6.43. The molecule has 1 aromatic rings. The molecule has 1 aromatic carbocycles. The number of hydrogen-bond donors (Lipinski definition) is 2. The van der Waals surface area contributed by atoms with Crippen molar-refractivity contribution in [2.24, 2.45) is 5.92 Å². The summed E-state index contributed by atoms with van der Waals surface area (Å²) in [5.41, 5.74) is 1.84. The van der Waals surface area contributed by atoms with Crippen molar-refractivity contribution in [3.05, 3.63) is 35.4 Å². The highest BCUT2D eigenvalue weighted by Gasteiger charge is 2.20. The van der Waals surface area contributed by atoms with Crippen LogP contribution >= 0.6 is 0 Å². The van der Waals surface area contributed by atoms with Crippen LogP contribution in [-0.4, -0.2) is 22.2 Å². The van der Waals surface area contributed by atoms with Gasteiger partial charge in [0.05, 0.1) is 5.92 Å². The Labute approximate surface area is 113 Å². The molecule has 0 spiro atoms. The Morgan fingerprint density at radius 2 is 1.68 bits per heavy atom. The number of carbonyl (C=O) groups is 2. The van der Waals surface area contributed by atoms with E-state index in [9.17, 15) is 9.59 Å². The van der Waals surface area contributed by atoms with Crippen LogP contribution < -0.4 is 0 Å². The molecule has 0 saturated carbocycles. The summed E-state index contributed by atoms with van der Waals surface area (Å²) < 4.78 is 0. The third kappa shape index (κ3) is 5.12. The van der Waals surface area contributed by atoms with Gasteiger partial charge in [-0.25, -0.2) is 0 Å². The highest BCUT2D eigenvalue weighted by Crippen LogP contribution is 2.23. The molecule has 0 unspecified atom stereocenters. The molecule has 2 N–H and O–H groups in total. The van der Waals surface area contributed by atoms with Crippen molar-refractivity contribution in [2.45, 2.75) is 39.0 Å². The molecule has 0 aliphatic heterocycles. The zero-order valence-corrected chi connectivity index (χ0v) is 11.3. The molecule has 0 bridgehead atoms. The molecule has 1 atom stereocenters. The topological polar surface area (TPSA) is 74.6 Å². The van der Waals surface area contributed by atoms with Crippen molar-refractivity contribution >= 4 is 11.9 Å². The van der Waals surface area contributed by atoms with Crippen LogP contribution in [0.1, 0.15) is 43.7 Å². The second-order valence-corrected chi connectivity index (χ2v) is 5.16. The van der Waals surface area contributed by atoms with E-state index in [1.165, 1.54) is 5.56 Å². The molecule has 1 rings (SSSR count). The summed E-state index contributed by atoms with van der Waals surface area (Å²) in [5.74, 6) is -2.14. The average Bonchev–Trinajstić information content (AvgIpc) is 2.29. The molecular weight excluding hydrogens is 244 g/mol. The van der Waals surface area contributed by atoms with Crippen LogP contribution in [0.3, 0.4) is 0 Å². The maximum Gasteiger partial charge on any atom is 0.310 e. The first-order chi connectivity index (χ1) is 8.90. The Morgan fingerprint density at radius 1 is 1.11 bits per heavy atom. The third-order valence-corrected chi connectivity index (χ3v) is 2.97. The van der Waals surface area contributed by atoms with Gasteiger partial charge in [0.2, 0.25) is 0 Å². The molecule has 19 heavy (non-hydrogen) atoms. The fraction of sp³-hybridized carbons (Fsp3) is 0.467. The van der Waals surface area contributed by atoms with Gasteiger partial charge in [0.25, 0.3) is 0 Å². The standard InChI is InChI=1S/C15H20O4/c1-10(2)9-11-3-5-12(6-4-11)13(15(18)19)7-8-14(16)17/h3-6,10,13H,7-9H2,1-2H3,(H,16,17)(H,18,19)/t13-/m0/s1. The summed E-state index contributed by atoms with van der Waals surface area (Å²) in [6.45, 7) is 4.25. The molecule has 0 aliphatic carbocycles. The predicted molar refractivity (Wildman–Crippen MR) is 72.2 cm³/mol. The van der Waals surface area contributed by atoms with E-state index in [1.54, 1.807) is 12.1 Å². The van der Waals surface area contributed by atoms with Gasteiger partial charge in [-0.3, -0.25) is 9.59 Å². The number of rotatable bonds is 7. The number of hydrogen-bond acceptors (Lipinski definition) is 2. The van der Waals surface area contributed by atoms with E-state index in [4.69, 9.17) is 10.2 Å². The Morgan fingerprint density at radius 3 is 2.11 bits per heavy atom. The van der Waals surface area contributed by atoms with Gasteiger partial charge in [0, 0.05) is 6.42 Å². The van der Waals surface area contributed by atoms with Crippen LogP contribution in [0.25, 0.3) is 0 Å². The number of carboxylic acids is 2. The van der Waals surface area contributed by atoms with Crippen LogP contribution in [0.5, 0.6) is 0 Å². The Balaban J connectivity index is 2.79. The fourth-order valence-corrected chi connectivity index (χ4v) is 2.06. The van der Waals surface area contributed by atoms with Crippen LogP contribution in [0.15, 0.2) is 24.3 Å². The minimum atomic E-state index is -0.974. The molecule has 0 amide bonds. The van der Waals surface area contributed by atoms with Crippen LogP contribution in [0.2, 0.25) is 0 Å². The minimum absolute atomic E-state index is 0.119. The lowest BCUT2D eigenvalue weighted by Gasteiger charge is -2.12. The van der Waals surface area contributed by atoms with Crippen molar-refractivity contribution in [3.63, 3.8) is 0 Å². The Bertz CT molecular complexity index is 434. The predicted octanol–water partition coefficient (Wildman–Crippen LogP) is 2.92. The van der Waals surface area contributed by atoms with Gasteiger partial charge in [-0.05, 0) is 29.9 Å². The zero-order valence-electron chi connectivity index (χ0n) is 11.3. The molecule has 4 heteroatoms. The van der Waals surface area contributed by atoms with Crippen molar-refractivity contribution in [1.29, 1.82) is 0 Å². The molecule has 104 valence electrons. The van der Waals surface area contributed by atoms with E-state index < -0.39 is 17.9 Å². The maximum absolute atomic E-state index is 11.2. The first kappa shape index (κ1) is 15.2. The minimum Gasteiger partial charge on any atom is -0.481 e. The van der Waals surface area contributed by atoms with E-state index >= 15 is 0 Å². The third-order valence-electron chi connectivity index (χ3n) is 2.97. The normalized spacial score (nSPS) is 12.4. The molecule has 0 saturated heterocycles. The number of carboxylic acid groups (broad SMARTS) is 2. The lowest BCUT2D eigenvalue weighted by Crippen LogP contribution is -2.13. The quantitative estimate of drug-likeness (QED) is 0.794. The van der Waals surface area contributed by atoms with Gasteiger partial charge in [-0.2, -0.15) is 0 Å². The summed E-state index contributed by atoms with van der Waals surface area (Å²) in [5, 5.41) is 17.8. The van der Waals surface area contributed by atoms with Crippen molar-refractivity contribution in [2.75, 3.05) is 0 Å². The van der Waals surface area contributed by atoms with E-state index in [1.807, 2.05) is 12.1 Å². The molecule has 0 fully saturated rings. The van der Waals surface area contributed by atoms with E-state index in [2.05, 4.69) is 13.8 Å². The van der Waals surface area contributed by atoms with Crippen LogP contribution in [0, 0.1) is 5.92 Å². The van der Waals surface area contributed by atoms with E-state index in [0.717, 1.165) is 6.42 Å². The lowest BCUT2D eigenvalue weighted by molar-refractivity contribution is -0.140. The maximum atomic E-state index is 11.2. The van der Waals surface area contributed by atoms with Gasteiger partial charge in [0.1, 0.15) is 0 Å². The zero-order chi connectivity index (χ0) is 14.4. The van der Waals surface area contributed by atoms with Gasteiger partial charge in [-0.1, -0.05) is 38.1 Å². The van der Waals surface area contributed by atoms with E-state index in [0.29, 0.717) is 11.5 Å². The molecule has 4 nitrogen and oxygen atoms in total. The molecule has 0 heterocycles. The van der Waals surface area contributed by atoms with Gasteiger partial charge in [0.15, 0.2) is 0 Å². The van der Waals surface area contributed by atoms with Crippen molar-refractivity contribution < 1.29 is 19.8 Å². The lowest BCUT2D eigenvalue weighted by atomic mass is 9.92. The van der Waals surface area contributed by atoms with Gasteiger partial charge >= 0.3 is 11.9 Å². The largest absolute Gasteiger partial charge is 0.481 e. The average molecular weight is 264 g/mol. The number of aliphatic carboxylic acids is 2. The summed E-state index contributed by atoms with van der Waals surface area (Å²) >= 11 is 0. The molecule has 0 aliphatic rings. The molecule has 0 aromatic heterocycles. The Kier molecular flexibility index (Phi) is 5.55. The highest BCUT2D eigenvalue weighted by atomic mass is 16.4. The highest BCUT2D eigenvalue weighted by molar-refractivity contribution is 5.77. The van der Waals surface area contributed by atoms with Crippen LogP contribution in [0.4, 0.5) is 0 Å². The van der Waals surface area contributed by atoms with Gasteiger partial charge < -0.3 is 10.2 Å². The smallest absolute Gasteiger partial charge is 0.310 e. The SMILES string of the molecule is CC(C)Cc1ccc([C@H](CCC(=O)O)C(=O)O)cc1. The summed E-state index contributed by atoms with van der Waals surface area (Å²) in [6.07, 6.45) is 0.937. The van der Waals surface area contributed by atoms with Crippen LogP contribution in [-0.2, 0) is 16.0 Å². The summed E-state index contributed by atoms with van der Waals surface area (Å²) in [7, 11) is 0. The number of benzene rings is 1. The first-order valence-corrected chi connectivity index (χ1v) is 6.43. The van der Waals surface area contributed by atoms with E-state index in [-0.39, 0.29) is 12.8 Å². The second-order valence-electron chi connectivity index (χ2n) is 5.16. The monoisotopic (exact) mass is 264 g/mol.